The van der Waals surface area contributed by atoms with Gasteiger partial charge in [-0.3, -0.25) is 9.59 Å². The van der Waals surface area contributed by atoms with Crippen molar-refractivity contribution in [3.05, 3.63) is 63.6 Å². The standard InChI is InChI=1S/C21H19Cl2NO3/c1-2-27-19-11-15(25)10-17(12-4-3-5-13(22)8-12)21(19)16-7-6-14(23)9-18(16)24-20(21)26/h3-9,17,19H,2,10-11H2,1H3,(H,24,26)/t17-,19+,21-/m0/s1. The van der Waals surface area contributed by atoms with E-state index in [4.69, 9.17) is 27.9 Å². The Hall–Kier alpha value is -1.88. The molecule has 1 spiro atoms. The molecule has 2 aromatic carbocycles. The fourth-order valence-electron chi connectivity index (χ4n) is 4.55. The van der Waals surface area contributed by atoms with Crippen molar-refractivity contribution in [3.8, 4) is 0 Å². The number of ether oxygens (including phenoxy) is 1. The number of fused-ring (bicyclic) bond motifs is 2. The topological polar surface area (TPSA) is 55.4 Å². The van der Waals surface area contributed by atoms with E-state index < -0.39 is 11.5 Å². The SMILES string of the molecule is CCO[C@@H]1CC(=O)C[C@@H](c2cccc(Cl)c2)[C@]12C(=O)Nc1cc(Cl)ccc12. The molecule has 1 saturated carbocycles. The van der Waals surface area contributed by atoms with Gasteiger partial charge in [0.05, 0.1) is 6.10 Å². The summed E-state index contributed by atoms with van der Waals surface area (Å²) >= 11 is 12.4. The number of amides is 1. The smallest absolute Gasteiger partial charge is 0.238 e. The Morgan fingerprint density at radius 3 is 2.63 bits per heavy atom. The second kappa shape index (κ2) is 6.93. The van der Waals surface area contributed by atoms with Gasteiger partial charge >= 0.3 is 0 Å². The van der Waals surface area contributed by atoms with Gasteiger partial charge in [0.15, 0.2) is 0 Å². The van der Waals surface area contributed by atoms with Crippen LogP contribution in [0.4, 0.5) is 5.69 Å². The first-order chi connectivity index (χ1) is 13.0. The van der Waals surface area contributed by atoms with Gasteiger partial charge in [-0.25, -0.2) is 0 Å². The molecule has 0 radical (unpaired) electrons. The number of rotatable bonds is 3. The largest absolute Gasteiger partial charge is 0.377 e. The fourth-order valence-corrected chi connectivity index (χ4v) is 4.92. The summed E-state index contributed by atoms with van der Waals surface area (Å²) in [4.78, 5) is 26.0. The van der Waals surface area contributed by atoms with Crippen molar-refractivity contribution >= 4 is 40.6 Å². The fraction of sp³-hybridized carbons (Fsp3) is 0.333. The van der Waals surface area contributed by atoms with Crippen LogP contribution in [0.3, 0.4) is 0 Å². The van der Waals surface area contributed by atoms with Crippen molar-refractivity contribution in [1.29, 1.82) is 0 Å². The number of hydrogen-bond acceptors (Lipinski definition) is 3. The lowest BCUT2D eigenvalue weighted by Gasteiger charge is -2.45. The molecule has 1 aliphatic heterocycles. The minimum absolute atomic E-state index is 0.0827. The van der Waals surface area contributed by atoms with Crippen molar-refractivity contribution < 1.29 is 14.3 Å². The number of carbonyl (C=O) groups is 2. The van der Waals surface area contributed by atoms with E-state index in [1.165, 1.54) is 0 Å². The van der Waals surface area contributed by atoms with Gasteiger partial charge in [0.25, 0.3) is 0 Å². The third-order valence-electron chi connectivity index (χ3n) is 5.57. The molecule has 0 unspecified atom stereocenters. The van der Waals surface area contributed by atoms with Gasteiger partial charge in [-0.2, -0.15) is 0 Å². The zero-order valence-corrected chi connectivity index (χ0v) is 16.3. The number of nitrogens with one attached hydrogen (secondary N) is 1. The maximum absolute atomic E-state index is 13.4. The van der Waals surface area contributed by atoms with E-state index in [1.807, 2.05) is 31.2 Å². The predicted octanol–water partition coefficient (Wildman–Crippen LogP) is 4.74. The Morgan fingerprint density at radius 2 is 1.89 bits per heavy atom. The van der Waals surface area contributed by atoms with Crippen LogP contribution >= 0.6 is 23.2 Å². The maximum atomic E-state index is 13.4. The molecule has 6 heteroatoms. The second-order valence-electron chi connectivity index (χ2n) is 7.01. The summed E-state index contributed by atoms with van der Waals surface area (Å²) in [6, 6.07) is 12.8. The van der Waals surface area contributed by atoms with Gasteiger partial charge in [0.1, 0.15) is 11.2 Å². The van der Waals surface area contributed by atoms with Gasteiger partial charge in [0, 0.05) is 41.1 Å². The molecular weight excluding hydrogens is 385 g/mol. The highest BCUT2D eigenvalue weighted by Gasteiger charge is 2.61. The van der Waals surface area contributed by atoms with Gasteiger partial charge < -0.3 is 10.1 Å². The third-order valence-corrected chi connectivity index (χ3v) is 6.04. The average molecular weight is 404 g/mol. The minimum Gasteiger partial charge on any atom is -0.377 e. The monoisotopic (exact) mass is 403 g/mol. The molecule has 0 aromatic heterocycles. The summed E-state index contributed by atoms with van der Waals surface area (Å²) < 4.78 is 5.98. The van der Waals surface area contributed by atoms with Crippen LogP contribution in [0.15, 0.2) is 42.5 Å². The summed E-state index contributed by atoms with van der Waals surface area (Å²) in [5.74, 6) is -0.439. The van der Waals surface area contributed by atoms with Crippen molar-refractivity contribution in [2.24, 2.45) is 0 Å². The molecule has 0 bridgehead atoms. The van der Waals surface area contributed by atoms with Gasteiger partial charge in [-0.05, 0) is 42.3 Å². The first-order valence-corrected chi connectivity index (χ1v) is 9.72. The van der Waals surface area contributed by atoms with Gasteiger partial charge in [0.2, 0.25) is 5.91 Å². The molecule has 1 N–H and O–H groups in total. The van der Waals surface area contributed by atoms with Crippen LogP contribution in [-0.4, -0.2) is 24.4 Å². The van der Waals surface area contributed by atoms with Crippen LogP contribution in [-0.2, 0) is 19.7 Å². The number of carbonyl (C=O) groups excluding carboxylic acids is 2. The highest BCUT2D eigenvalue weighted by molar-refractivity contribution is 6.31. The number of hydrogen-bond donors (Lipinski definition) is 1. The molecule has 1 fully saturated rings. The van der Waals surface area contributed by atoms with Crippen molar-refractivity contribution in [1.82, 2.24) is 0 Å². The van der Waals surface area contributed by atoms with Crippen molar-refractivity contribution in [2.75, 3.05) is 11.9 Å². The minimum atomic E-state index is -0.992. The Labute approximate surface area is 167 Å². The van der Waals surface area contributed by atoms with Crippen molar-refractivity contribution in [2.45, 2.75) is 37.2 Å². The van der Waals surface area contributed by atoms with E-state index in [0.29, 0.717) is 22.3 Å². The molecule has 27 heavy (non-hydrogen) atoms. The van der Waals surface area contributed by atoms with Gasteiger partial charge in [-0.1, -0.05) is 41.4 Å². The van der Waals surface area contributed by atoms with Crippen LogP contribution in [0.25, 0.3) is 0 Å². The molecule has 1 aliphatic carbocycles. The molecule has 4 rings (SSSR count). The molecule has 3 atom stereocenters. The third kappa shape index (κ3) is 2.87. The molecule has 2 aromatic rings. The predicted molar refractivity (Wildman–Crippen MR) is 106 cm³/mol. The molecule has 1 heterocycles. The van der Waals surface area contributed by atoms with Crippen LogP contribution in [0.1, 0.15) is 36.8 Å². The number of ketones is 1. The van der Waals surface area contributed by atoms with Crippen molar-refractivity contribution in [3.63, 3.8) is 0 Å². The zero-order chi connectivity index (χ0) is 19.2. The van der Waals surface area contributed by atoms with E-state index in [2.05, 4.69) is 5.32 Å². The van der Waals surface area contributed by atoms with E-state index in [0.717, 1.165) is 11.1 Å². The summed E-state index contributed by atoms with van der Waals surface area (Å²) in [5, 5.41) is 4.09. The summed E-state index contributed by atoms with van der Waals surface area (Å²) in [6.45, 7) is 2.29. The molecule has 4 nitrogen and oxygen atoms in total. The molecule has 0 saturated heterocycles. The molecule has 2 aliphatic rings. The van der Waals surface area contributed by atoms with Crippen LogP contribution in [0.5, 0.6) is 0 Å². The van der Waals surface area contributed by atoms with E-state index in [-0.39, 0.29) is 30.4 Å². The lowest BCUT2D eigenvalue weighted by atomic mass is 9.59. The summed E-state index contributed by atoms with van der Waals surface area (Å²) in [6.07, 6.45) is -0.0741. The quantitative estimate of drug-likeness (QED) is 0.805. The Bertz CT molecular complexity index is 929. The normalized spacial score (nSPS) is 26.9. The number of Topliss-reactive ketones (excluding diaryl/α,β-unsaturated/α-hetero) is 1. The van der Waals surface area contributed by atoms with E-state index in [9.17, 15) is 9.59 Å². The average Bonchev–Trinajstić information content (AvgIpc) is 2.90. The van der Waals surface area contributed by atoms with Gasteiger partial charge in [-0.15, -0.1) is 0 Å². The van der Waals surface area contributed by atoms with Crippen LogP contribution < -0.4 is 5.32 Å². The van der Waals surface area contributed by atoms with Crippen LogP contribution in [0.2, 0.25) is 10.0 Å². The number of halogens is 2. The molecule has 140 valence electrons. The highest BCUT2D eigenvalue weighted by Crippen LogP contribution is 2.55. The second-order valence-corrected chi connectivity index (χ2v) is 7.88. The maximum Gasteiger partial charge on any atom is 0.238 e. The zero-order valence-electron chi connectivity index (χ0n) is 14.8. The van der Waals surface area contributed by atoms with Crippen LogP contribution in [0, 0.1) is 0 Å². The van der Waals surface area contributed by atoms with E-state index >= 15 is 0 Å². The Balaban J connectivity index is 1.96. The lowest BCUT2D eigenvalue weighted by molar-refractivity contribution is -0.139. The highest BCUT2D eigenvalue weighted by atomic mass is 35.5. The lowest BCUT2D eigenvalue weighted by Crippen LogP contribution is -2.55. The number of benzene rings is 2. The number of anilines is 1. The Kier molecular flexibility index (Phi) is 4.75. The summed E-state index contributed by atoms with van der Waals surface area (Å²) in [7, 11) is 0. The first kappa shape index (κ1) is 18.5. The molecule has 1 amide bonds. The first-order valence-electron chi connectivity index (χ1n) is 8.97. The Morgan fingerprint density at radius 1 is 1.11 bits per heavy atom. The van der Waals surface area contributed by atoms with E-state index in [1.54, 1.807) is 18.2 Å². The summed E-state index contributed by atoms with van der Waals surface area (Å²) in [5.41, 5.74) is 1.37. The molecular formula is C21H19Cl2NO3.